The number of H-pyrrole nitrogens is 1. The Morgan fingerprint density at radius 3 is 2.76 bits per heavy atom. The summed E-state index contributed by atoms with van der Waals surface area (Å²) < 4.78 is 1.32. The maximum atomic E-state index is 11.8. The normalized spacial score (nSPS) is 11.1. The van der Waals surface area contributed by atoms with Gasteiger partial charge in [0.05, 0.1) is 5.69 Å². The van der Waals surface area contributed by atoms with Crippen molar-refractivity contribution >= 4 is 16.7 Å². The van der Waals surface area contributed by atoms with E-state index in [1.807, 2.05) is 13.8 Å². The van der Waals surface area contributed by atoms with Gasteiger partial charge in [-0.15, -0.1) is 0 Å². The van der Waals surface area contributed by atoms with Crippen LogP contribution in [-0.2, 0) is 7.05 Å². The molecule has 2 N–H and O–H groups in total. The van der Waals surface area contributed by atoms with E-state index in [-0.39, 0.29) is 6.04 Å². The predicted octanol–water partition coefficient (Wildman–Crippen LogP) is 0.442. The van der Waals surface area contributed by atoms with Crippen molar-refractivity contribution in [2.24, 2.45) is 7.05 Å². The number of aromatic nitrogens is 3. The number of aromatic amines is 1. The topological polar surface area (TPSA) is 79.8 Å². The molecule has 0 unspecified atom stereocenters. The van der Waals surface area contributed by atoms with Gasteiger partial charge in [-0.3, -0.25) is 14.3 Å². The molecule has 0 atom stereocenters. The second-order valence-corrected chi connectivity index (χ2v) is 4.17. The number of rotatable bonds is 2. The number of aryl methyl sites for hydroxylation is 1. The fourth-order valence-electron chi connectivity index (χ4n) is 1.70. The molecule has 90 valence electrons. The van der Waals surface area contributed by atoms with E-state index in [0.29, 0.717) is 16.7 Å². The molecular formula is C11H14N4O2. The monoisotopic (exact) mass is 234 g/mol. The van der Waals surface area contributed by atoms with Crippen LogP contribution >= 0.6 is 0 Å². The molecule has 0 saturated carbocycles. The van der Waals surface area contributed by atoms with Gasteiger partial charge in [0.25, 0.3) is 5.56 Å². The minimum atomic E-state index is -0.461. The van der Waals surface area contributed by atoms with Gasteiger partial charge in [-0.25, -0.2) is 9.78 Å². The average molecular weight is 234 g/mol. The smallest absolute Gasteiger partial charge is 0.329 e. The van der Waals surface area contributed by atoms with Crippen molar-refractivity contribution in [3.63, 3.8) is 0 Å². The molecule has 2 rings (SSSR count). The van der Waals surface area contributed by atoms with Gasteiger partial charge in [0.1, 0.15) is 5.39 Å². The van der Waals surface area contributed by atoms with Crippen molar-refractivity contribution in [2.75, 3.05) is 5.32 Å². The van der Waals surface area contributed by atoms with Crippen molar-refractivity contribution in [1.29, 1.82) is 0 Å². The van der Waals surface area contributed by atoms with E-state index in [2.05, 4.69) is 15.3 Å². The van der Waals surface area contributed by atoms with E-state index in [9.17, 15) is 9.59 Å². The molecule has 0 aliphatic rings. The molecule has 2 heterocycles. The lowest BCUT2D eigenvalue weighted by Crippen LogP contribution is -2.29. The van der Waals surface area contributed by atoms with Gasteiger partial charge < -0.3 is 5.32 Å². The highest BCUT2D eigenvalue weighted by molar-refractivity contribution is 5.87. The first-order valence-corrected chi connectivity index (χ1v) is 5.35. The van der Waals surface area contributed by atoms with Gasteiger partial charge in [0, 0.05) is 19.3 Å². The lowest BCUT2D eigenvalue weighted by Gasteiger charge is -2.12. The summed E-state index contributed by atoms with van der Waals surface area (Å²) in [5, 5.41) is 3.57. The highest BCUT2D eigenvalue weighted by Crippen LogP contribution is 2.16. The van der Waals surface area contributed by atoms with E-state index in [1.165, 1.54) is 4.57 Å². The van der Waals surface area contributed by atoms with Gasteiger partial charge in [0.15, 0.2) is 5.65 Å². The maximum absolute atomic E-state index is 11.8. The zero-order valence-electron chi connectivity index (χ0n) is 9.94. The van der Waals surface area contributed by atoms with Crippen LogP contribution < -0.4 is 16.6 Å². The third-order valence-corrected chi connectivity index (χ3v) is 2.45. The van der Waals surface area contributed by atoms with Crippen molar-refractivity contribution in [1.82, 2.24) is 14.5 Å². The highest BCUT2D eigenvalue weighted by atomic mass is 16.2. The molecule has 0 bridgehead atoms. The van der Waals surface area contributed by atoms with Crippen LogP contribution in [0.3, 0.4) is 0 Å². The molecule has 17 heavy (non-hydrogen) atoms. The summed E-state index contributed by atoms with van der Waals surface area (Å²) in [6.45, 7) is 3.95. The Labute approximate surface area is 97.3 Å². The number of pyridine rings is 1. The fraction of sp³-hybridized carbons (Fsp3) is 0.364. The number of hydrogen-bond donors (Lipinski definition) is 2. The van der Waals surface area contributed by atoms with Crippen LogP contribution in [0, 0.1) is 0 Å². The molecule has 6 heteroatoms. The van der Waals surface area contributed by atoms with Crippen molar-refractivity contribution in [3.05, 3.63) is 33.1 Å². The van der Waals surface area contributed by atoms with Crippen LogP contribution in [0.25, 0.3) is 11.0 Å². The summed E-state index contributed by atoms with van der Waals surface area (Å²) in [4.78, 5) is 29.6. The maximum Gasteiger partial charge on any atom is 0.329 e. The lowest BCUT2D eigenvalue weighted by molar-refractivity contribution is 0.827. The van der Waals surface area contributed by atoms with E-state index in [0.717, 1.165) is 0 Å². The van der Waals surface area contributed by atoms with E-state index in [4.69, 9.17) is 0 Å². The van der Waals surface area contributed by atoms with E-state index < -0.39 is 11.2 Å². The van der Waals surface area contributed by atoms with Gasteiger partial charge in [0.2, 0.25) is 0 Å². The minimum absolute atomic E-state index is 0.192. The molecule has 0 spiro atoms. The molecule has 0 radical (unpaired) electrons. The first kappa shape index (κ1) is 11.4. The van der Waals surface area contributed by atoms with Crippen molar-refractivity contribution in [2.45, 2.75) is 19.9 Å². The van der Waals surface area contributed by atoms with Crippen LogP contribution in [-0.4, -0.2) is 20.6 Å². The number of anilines is 1. The summed E-state index contributed by atoms with van der Waals surface area (Å²) in [6.07, 6.45) is 1.58. The Balaban J connectivity index is 2.85. The standard InChI is InChI=1S/C11H14N4O2/c1-6(2)13-7-4-5-12-9-8(7)10(16)14-11(17)15(9)3/h4-6H,1-3H3,(H,12,13)(H,14,16,17). The van der Waals surface area contributed by atoms with Crippen molar-refractivity contribution < 1.29 is 0 Å². The third-order valence-electron chi connectivity index (χ3n) is 2.45. The van der Waals surface area contributed by atoms with E-state index >= 15 is 0 Å². The van der Waals surface area contributed by atoms with Crippen LogP contribution in [0.15, 0.2) is 21.9 Å². The zero-order chi connectivity index (χ0) is 12.6. The minimum Gasteiger partial charge on any atom is -0.382 e. The Bertz CT molecular complexity index is 669. The van der Waals surface area contributed by atoms with Gasteiger partial charge in [-0.2, -0.15) is 0 Å². The van der Waals surface area contributed by atoms with Crippen LogP contribution in [0.5, 0.6) is 0 Å². The molecule has 2 aromatic heterocycles. The number of hydrogen-bond acceptors (Lipinski definition) is 4. The second-order valence-electron chi connectivity index (χ2n) is 4.17. The number of fused-ring (bicyclic) bond motifs is 1. The zero-order valence-corrected chi connectivity index (χ0v) is 9.94. The molecule has 0 aliphatic carbocycles. The molecule has 0 saturated heterocycles. The second kappa shape index (κ2) is 4.04. The van der Waals surface area contributed by atoms with Crippen molar-refractivity contribution in [3.8, 4) is 0 Å². The first-order chi connectivity index (χ1) is 8.00. The Kier molecular flexibility index (Phi) is 2.71. The molecular weight excluding hydrogens is 220 g/mol. The third kappa shape index (κ3) is 1.93. The van der Waals surface area contributed by atoms with E-state index in [1.54, 1.807) is 19.3 Å². The summed E-state index contributed by atoms with van der Waals surface area (Å²) >= 11 is 0. The van der Waals surface area contributed by atoms with Gasteiger partial charge in [-0.1, -0.05) is 0 Å². The Morgan fingerprint density at radius 1 is 1.41 bits per heavy atom. The lowest BCUT2D eigenvalue weighted by atomic mass is 10.2. The molecule has 0 aliphatic heterocycles. The van der Waals surface area contributed by atoms with Crippen LogP contribution in [0.2, 0.25) is 0 Å². The fourth-order valence-corrected chi connectivity index (χ4v) is 1.70. The van der Waals surface area contributed by atoms with Crippen LogP contribution in [0.1, 0.15) is 13.8 Å². The van der Waals surface area contributed by atoms with Crippen LogP contribution in [0.4, 0.5) is 5.69 Å². The molecule has 6 nitrogen and oxygen atoms in total. The number of nitrogens with one attached hydrogen (secondary N) is 2. The molecule has 0 amide bonds. The summed E-state index contributed by atoms with van der Waals surface area (Å²) in [6, 6.07) is 1.92. The SMILES string of the molecule is CC(C)Nc1ccnc2c1c(=O)[nH]c(=O)n2C. The summed E-state index contributed by atoms with van der Waals surface area (Å²) in [7, 11) is 1.58. The Hall–Kier alpha value is -2.11. The van der Waals surface area contributed by atoms with Gasteiger partial charge >= 0.3 is 5.69 Å². The average Bonchev–Trinajstić information content (AvgIpc) is 2.25. The predicted molar refractivity (Wildman–Crippen MR) is 66.4 cm³/mol. The summed E-state index contributed by atoms with van der Waals surface area (Å²) in [5.41, 5.74) is 0.183. The Morgan fingerprint density at radius 2 is 2.12 bits per heavy atom. The first-order valence-electron chi connectivity index (χ1n) is 5.35. The molecule has 0 fully saturated rings. The quantitative estimate of drug-likeness (QED) is 0.790. The van der Waals surface area contributed by atoms with Gasteiger partial charge in [-0.05, 0) is 19.9 Å². The highest BCUT2D eigenvalue weighted by Gasteiger charge is 2.10. The summed E-state index contributed by atoms with van der Waals surface area (Å²) in [5.74, 6) is 0. The molecule has 0 aromatic carbocycles. The molecule has 2 aromatic rings. The largest absolute Gasteiger partial charge is 0.382 e. The number of nitrogens with zero attached hydrogens (tertiary/aromatic N) is 2.